The third-order valence-electron chi connectivity index (χ3n) is 3.21. The average molecular weight is 248 g/mol. The van der Waals surface area contributed by atoms with E-state index < -0.39 is 0 Å². The Labute approximate surface area is 107 Å². The largest absolute Gasteiger partial charge is 0.392 e. The molecule has 0 saturated carbocycles. The van der Waals surface area contributed by atoms with Crippen molar-refractivity contribution in [1.82, 2.24) is 4.90 Å². The zero-order chi connectivity index (χ0) is 13.0. The van der Waals surface area contributed by atoms with Crippen molar-refractivity contribution in [1.29, 1.82) is 0 Å². The maximum Gasteiger partial charge on any atom is 0.201 e. The summed E-state index contributed by atoms with van der Waals surface area (Å²) in [6.45, 7) is 5.98. The summed E-state index contributed by atoms with van der Waals surface area (Å²) in [5.41, 5.74) is 0.848. The Bertz CT molecular complexity index is 440. The summed E-state index contributed by atoms with van der Waals surface area (Å²) < 4.78 is 0. The number of nitrogens with zero attached hydrogens (tertiary/aromatic N) is 2. The highest BCUT2D eigenvalue weighted by atomic mass is 16.3. The van der Waals surface area contributed by atoms with E-state index in [1.165, 1.54) is 0 Å². The second-order valence-electron chi connectivity index (χ2n) is 4.80. The molecule has 0 radical (unpaired) electrons. The molecule has 18 heavy (non-hydrogen) atoms. The monoisotopic (exact) mass is 248 g/mol. The lowest BCUT2D eigenvalue weighted by Crippen LogP contribution is -2.49. The molecule has 1 aromatic rings. The van der Waals surface area contributed by atoms with Gasteiger partial charge in [-0.05, 0) is 19.1 Å². The van der Waals surface area contributed by atoms with E-state index in [4.69, 9.17) is 0 Å². The van der Waals surface area contributed by atoms with Gasteiger partial charge in [-0.3, -0.25) is 9.69 Å². The minimum atomic E-state index is -0.291. The average Bonchev–Trinajstić information content (AvgIpc) is 2.54. The molecule has 1 aliphatic rings. The molecule has 98 valence electrons. The second-order valence-corrected chi connectivity index (χ2v) is 4.80. The normalized spacial score (nSPS) is 18.7. The van der Waals surface area contributed by atoms with Crippen molar-refractivity contribution in [2.45, 2.75) is 13.0 Å². The van der Waals surface area contributed by atoms with Crippen LogP contribution in [0.1, 0.15) is 6.92 Å². The lowest BCUT2D eigenvalue weighted by Gasteiger charge is -2.36. The van der Waals surface area contributed by atoms with Gasteiger partial charge in [-0.25, -0.2) is 0 Å². The summed E-state index contributed by atoms with van der Waals surface area (Å²) >= 11 is 0. The summed E-state index contributed by atoms with van der Waals surface area (Å²) in [6, 6.07) is 9.03. The van der Waals surface area contributed by atoms with Gasteiger partial charge in [-0.15, -0.1) is 0 Å². The summed E-state index contributed by atoms with van der Waals surface area (Å²) in [7, 11) is 0. The fourth-order valence-corrected chi connectivity index (χ4v) is 2.33. The molecule has 2 rings (SSSR count). The molecule has 0 amide bonds. The van der Waals surface area contributed by atoms with E-state index in [1.54, 1.807) is 19.1 Å². The number of hydrogen-bond acceptors (Lipinski definition) is 4. The molecule has 0 bridgehead atoms. The standard InChI is InChI=1S/C14H20N2O2/c1-12(17)11-15-7-9-16(10-8-15)13-5-3-2-4-6-14(13)18/h2-6,12,17H,7-11H2,1H3/t12-/m1/s1. The van der Waals surface area contributed by atoms with Gasteiger partial charge in [0.15, 0.2) is 0 Å². The van der Waals surface area contributed by atoms with Crippen LogP contribution in [0.4, 0.5) is 5.69 Å². The van der Waals surface area contributed by atoms with E-state index >= 15 is 0 Å². The van der Waals surface area contributed by atoms with Crippen molar-refractivity contribution in [3.05, 3.63) is 40.6 Å². The van der Waals surface area contributed by atoms with Crippen molar-refractivity contribution < 1.29 is 5.11 Å². The van der Waals surface area contributed by atoms with Gasteiger partial charge in [-0.2, -0.15) is 0 Å². The molecule has 1 atom stereocenters. The van der Waals surface area contributed by atoms with E-state index in [2.05, 4.69) is 9.80 Å². The maximum absolute atomic E-state index is 11.9. The van der Waals surface area contributed by atoms with Crippen LogP contribution in [0.3, 0.4) is 0 Å². The van der Waals surface area contributed by atoms with Crippen molar-refractivity contribution in [2.75, 3.05) is 37.6 Å². The van der Waals surface area contributed by atoms with Crippen LogP contribution in [0.15, 0.2) is 35.1 Å². The lowest BCUT2D eigenvalue weighted by molar-refractivity contribution is 0.122. The van der Waals surface area contributed by atoms with E-state index in [0.29, 0.717) is 6.54 Å². The van der Waals surface area contributed by atoms with Crippen LogP contribution in [0.25, 0.3) is 0 Å². The molecule has 4 heteroatoms. The van der Waals surface area contributed by atoms with Crippen LogP contribution in [0.2, 0.25) is 0 Å². The molecule has 4 nitrogen and oxygen atoms in total. The lowest BCUT2D eigenvalue weighted by atomic mass is 10.2. The first-order valence-corrected chi connectivity index (χ1v) is 6.41. The van der Waals surface area contributed by atoms with Gasteiger partial charge in [0.25, 0.3) is 0 Å². The minimum Gasteiger partial charge on any atom is -0.392 e. The van der Waals surface area contributed by atoms with Crippen molar-refractivity contribution >= 4 is 5.69 Å². The summed E-state index contributed by atoms with van der Waals surface area (Å²) in [5.74, 6) is 0. The Kier molecular flexibility index (Phi) is 4.33. The smallest absolute Gasteiger partial charge is 0.201 e. The molecule has 1 saturated heterocycles. The van der Waals surface area contributed by atoms with Gasteiger partial charge in [0, 0.05) is 32.7 Å². The quantitative estimate of drug-likeness (QED) is 0.848. The molecule has 0 aliphatic carbocycles. The van der Waals surface area contributed by atoms with E-state index in [9.17, 15) is 9.90 Å². The maximum atomic E-state index is 11.9. The highest BCUT2D eigenvalue weighted by Crippen LogP contribution is 2.11. The fraction of sp³-hybridized carbons (Fsp3) is 0.500. The highest BCUT2D eigenvalue weighted by Gasteiger charge is 2.18. The summed E-state index contributed by atoms with van der Waals surface area (Å²) in [6.07, 6.45) is -0.291. The van der Waals surface area contributed by atoms with E-state index in [1.807, 2.05) is 18.2 Å². The van der Waals surface area contributed by atoms with Crippen LogP contribution in [-0.2, 0) is 0 Å². The zero-order valence-electron chi connectivity index (χ0n) is 10.7. The van der Waals surface area contributed by atoms with E-state index in [0.717, 1.165) is 31.9 Å². The number of hydrogen-bond donors (Lipinski definition) is 1. The Morgan fingerprint density at radius 2 is 1.83 bits per heavy atom. The molecular weight excluding hydrogens is 228 g/mol. The van der Waals surface area contributed by atoms with Gasteiger partial charge < -0.3 is 10.0 Å². The molecule has 1 aromatic carbocycles. The molecule has 0 aromatic heterocycles. The van der Waals surface area contributed by atoms with Crippen LogP contribution < -0.4 is 10.3 Å². The van der Waals surface area contributed by atoms with Gasteiger partial charge in [0.1, 0.15) is 0 Å². The summed E-state index contributed by atoms with van der Waals surface area (Å²) in [5, 5.41) is 9.36. The Morgan fingerprint density at radius 1 is 1.17 bits per heavy atom. The zero-order valence-corrected chi connectivity index (χ0v) is 10.7. The predicted octanol–water partition coefficient (Wildman–Crippen LogP) is 0.550. The van der Waals surface area contributed by atoms with Crippen molar-refractivity contribution in [3.63, 3.8) is 0 Å². The van der Waals surface area contributed by atoms with Gasteiger partial charge in [0.2, 0.25) is 5.43 Å². The van der Waals surface area contributed by atoms with Crippen LogP contribution in [0.5, 0.6) is 0 Å². The van der Waals surface area contributed by atoms with Crippen LogP contribution >= 0.6 is 0 Å². The highest BCUT2D eigenvalue weighted by molar-refractivity contribution is 5.45. The predicted molar refractivity (Wildman–Crippen MR) is 73.0 cm³/mol. The Morgan fingerprint density at radius 3 is 2.50 bits per heavy atom. The molecule has 1 aliphatic heterocycles. The molecule has 1 N–H and O–H groups in total. The number of β-amino-alcohol motifs (C(OH)–C–C–N with tert-alkyl or cyclic N) is 1. The first-order chi connectivity index (χ1) is 8.66. The minimum absolute atomic E-state index is 0.0731. The molecule has 0 spiro atoms. The van der Waals surface area contributed by atoms with E-state index in [-0.39, 0.29) is 11.5 Å². The third-order valence-corrected chi connectivity index (χ3v) is 3.21. The number of aliphatic hydroxyl groups is 1. The van der Waals surface area contributed by atoms with Crippen molar-refractivity contribution in [3.8, 4) is 0 Å². The third kappa shape index (κ3) is 3.31. The van der Waals surface area contributed by atoms with Crippen LogP contribution in [0, 0.1) is 0 Å². The van der Waals surface area contributed by atoms with Crippen LogP contribution in [-0.4, -0.2) is 48.8 Å². The first kappa shape index (κ1) is 13.1. The number of piperazine rings is 1. The Balaban J connectivity index is 2.02. The topological polar surface area (TPSA) is 43.8 Å². The number of anilines is 1. The molecule has 1 fully saturated rings. The Hall–Kier alpha value is -1.39. The number of aliphatic hydroxyl groups excluding tert-OH is 1. The molecule has 1 heterocycles. The summed E-state index contributed by atoms with van der Waals surface area (Å²) in [4.78, 5) is 16.2. The van der Waals surface area contributed by atoms with Gasteiger partial charge in [-0.1, -0.05) is 18.2 Å². The molecular formula is C14H20N2O2. The van der Waals surface area contributed by atoms with Gasteiger partial charge in [0.05, 0.1) is 11.8 Å². The first-order valence-electron chi connectivity index (χ1n) is 6.41. The van der Waals surface area contributed by atoms with Gasteiger partial charge >= 0.3 is 0 Å². The fourth-order valence-electron chi connectivity index (χ4n) is 2.33. The SMILES string of the molecule is C[C@@H](O)CN1CCN(c2cccccc2=O)CC1. The van der Waals surface area contributed by atoms with Crippen molar-refractivity contribution in [2.24, 2.45) is 0 Å². The molecule has 0 unspecified atom stereocenters. The second kappa shape index (κ2) is 5.98. The number of rotatable bonds is 3.